The van der Waals surface area contributed by atoms with E-state index in [1.54, 1.807) is 0 Å². The van der Waals surface area contributed by atoms with Gasteiger partial charge in [0.25, 0.3) is 0 Å². The van der Waals surface area contributed by atoms with Crippen LogP contribution in [0.2, 0.25) is 0 Å². The summed E-state index contributed by atoms with van der Waals surface area (Å²) in [5, 5.41) is 5.65. The molecule has 2 aromatic rings. The first-order valence-electron chi connectivity index (χ1n) is 4.92. The molecule has 1 aliphatic heterocycles. The van der Waals surface area contributed by atoms with E-state index in [9.17, 15) is 0 Å². The largest absolute Gasteiger partial charge is 0.401 e. The highest BCUT2D eigenvalue weighted by Crippen LogP contribution is 2.28. The van der Waals surface area contributed by atoms with E-state index in [0.717, 1.165) is 22.5 Å². The van der Waals surface area contributed by atoms with Crippen LogP contribution in [0, 0.1) is 0 Å². The SMILES string of the molecule is NC1=Cc2ncc3ccccc3c2NC1. The second-order valence-electron chi connectivity index (χ2n) is 3.68. The van der Waals surface area contributed by atoms with Crippen LogP contribution in [0.1, 0.15) is 5.69 Å². The molecule has 1 aliphatic rings. The van der Waals surface area contributed by atoms with E-state index in [1.165, 1.54) is 5.39 Å². The summed E-state index contributed by atoms with van der Waals surface area (Å²) in [5.41, 5.74) is 8.59. The van der Waals surface area contributed by atoms with Crippen LogP contribution in [0.3, 0.4) is 0 Å². The lowest BCUT2D eigenvalue weighted by atomic mass is 10.1. The Morgan fingerprint density at radius 3 is 3.07 bits per heavy atom. The molecule has 3 rings (SSSR count). The first-order chi connectivity index (χ1) is 7.34. The number of nitrogens with two attached hydrogens (primary N) is 1. The monoisotopic (exact) mass is 197 g/mol. The lowest BCUT2D eigenvalue weighted by molar-refractivity contribution is 1.14. The Labute approximate surface area is 87.6 Å². The van der Waals surface area contributed by atoms with Crippen molar-refractivity contribution in [1.29, 1.82) is 0 Å². The van der Waals surface area contributed by atoms with Gasteiger partial charge < -0.3 is 11.1 Å². The lowest BCUT2D eigenvalue weighted by Crippen LogP contribution is -2.16. The molecule has 0 spiro atoms. The van der Waals surface area contributed by atoms with E-state index in [0.29, 0.717) is 6.54 Å². The molecule has 0 fully saturated rings. The Balaban J connectivity index is 2.35. The zero-order valence-corrected chi connectivity index (χ0v) is 8.20. The van der Waals surface area contributed by atoms with E-state index >= 15 is 0 Å². The normalized spacial score (nSPS) is 14.3. The standard InChI is InChI=1S/C12H11N3/c13-9-5-11-12(15-7-9)10-4-2-1-3-8(10)6-14-11/h1-6,15H,7,13H2. The third kappa shape index (κ3) is 1.24. The average molecular weight is 197 g/mol. The molecule has 0 bridgehead atoms. The van der Waals surface area contributed by atoms with Crippen LogP contribution in [0.15, 0.2) is 36.2 Å². The number of benzene rings is 1. The number of hydrogen-bond acceptors (Lipinski definition) is 3. The molecule has 0 amide bonds. The van der Waals surface area contributed by atoms with E-state index in [1.807, 2.05) is 24.4 Å². The van der Waals surface area contributed by atoms with Crippen LogP contribution in [-0.2, 0) is 0 Å². The summed E-state index contributed by atoms with van der Waals surface area (Å²) in [6, 6.07) is 8.21. The van der Waals surface area contributed by atoms with Crippen molar-refractivity contribution in [3.63, 3.8) is 0 Å². The van der Waals surface area contributed by atoms with Crippen molar-refractivity contribution in [3.8, 4) is 0 Å². The highest BCUT2D eigenvalue weighted by molar-refractivity contribution is 5.97. The van der Waals surface area contributed by atoms with Gasteiger partial charge in [-0.15, -0.1) is 0 Å². The molecule has 1 aromatic carbocycles. The molecule has 2 heterocycles. The van der Waals surface area contributed by atoms with Crippen molar-refractivity contribution in [3.05, 3.63) is 41.9 Å². The third-order valence-electron chi connectivity index (χ3n) is 2.62. The third-order valence-corrected chi connectivity index (χ3v) is 2.62. The van der Waals surface area contributed by atoms with Gasteiger partial charge in [0.2, 0.25) is 0 Å². The number of nitrogens with zero attached hydrogens (tertiary/aromatic N) is 1. The Hall–Kier alpha value is -2.03. The van der Waals surface area contributed by atoms with Crippen molar-refractivity contribution in [2.24, 2.45) is 5.73 Å². The molecule has 0 aliphatic carbocycles. The summed E-state index contributed by atoms with van der Waals surface area (Å²) in [6.07, 6.45) is 3.81. The van der Waals surface area contributed by atoms with Crippen molar-refractivity contribution in [1.82, 2.24) is 4.98 Å². The van der Waals surface area contributed by atoms with Gasteiger partial charge in [-0.05, 0) is 6.08 Å². The van der Waals surface area contributed by atoms with Gasteiger partial charge >= 0.3 is 0 Å². The smallest absolute Gasteiger partial charge is 0.0885 e. The highest BCUT2D eigenvalue weighted by Gasteiger charge is 2.11. The summed E-state index contributed by atoms with van der Waals surface area (Å²) in [5.74, 6) is 0. The summed E-state index contributed by atoms with van der Waals surface area (Å²) in [6.45, 7) is 0.697. The summed E-state index contributed by atoms with van der Waals surface area (Å²) in [7, 11) is 0. The molecule has 15 heavy (non-hydrogen) atoms. The van der Waals surface area contributed by atoms with Crippen molar-refractivity contribution in [2.45, 2.75) is 0 Å². The molecule has 3 N–H and O–H groups in total. The van der Waals surface area contributed by atoms with Crippen molar-refractivity contribution >= 4 is 22.5 Å². The molecule has 3 nitrogen and oxygen atoms in total. The molecular weight excluding hydrogens is 186 g/mol. The van der Waals surface area contributed by atoms with Gasteiger partial charge in [-0.1, -0.05) is 24.3 Å². The summed E-state index contributed by atoms with van der Waals surface area (Å²) >= 11 is 0. The molecule has 74 valence electrons. The van der Waals surface area contributed by atoms with Gasteiger partial charge in [-0.2, -0.15) is 0 Å². The number of hydrogen-bond donors (Lipinski definition) is 2. The maximum atomic E-state index is 5.75. The predicted octanol–water partition coefficient (Wildman–Crippen LogP) is 1.96. The van der Waals surface area contributed by atoms with Gasteiger partial charge in [0.15, 0.2) is 0 Å². The predicted molar refractivity (Wildman–Crippen MR) is 62.4 cm³/mol. The number of pyridine rings is 1. The van der Waals surface area contributed by atoms with E-state index < -0.39 is 0 Å². The van der Waals surface area contributed by atoms with Gasteiger partial charge in [0.1, 0.15) is 0 Å². The number of aromatic nitrogens is 1. The fourth-order valence-corrected chi connectivity index (χ4v) is 1.89. The van der Waals surface area contributed by atoms with E-state index in [-0.39, 0.29) is 0 Å². The minimum Gasteiger partial charge on any atom is -0.401 e. The molecule has 0 radical (unpaired) electrons. The van der Waals surface area contributed by atoms with E-state index in [4.69, 9.17) is 5.73 Å². The maximum Gasteiger partial charge on any atom is 0.0885 e. The zero-order chi connectivity index (χ0) is 10.3. The maximum absolute atomic E-state index is 5.75. The van der Waals surface area contributed by atoms with Crippen LogP contribution in [0.25, 0.3) is 16.8 Å². The molecular formula is C12H11N3. The number of nitrogens with one attached hydrogen (secondary N) is 1. The van der Waals surface area contributed by atoms with Gasteiger partial charge in [-0.3, -0.25) is 4.98 Å². The van der Waals surface area contributed by atoms with Gasteiger partial charge in [-0.25, -0.2) is 0 Å². The second kappa shape index (κ2) is 2.98. The molecule has 1 aromatic heterocycles. The first kappa shape index (κ1) is 8.29. The summed E-state index contributed by atoms with van der Waals surface area (Å²) < 4.78 is 0. The highest BCUT2D eigenvalue weighted by atomic mass is 14.9. The molecule has 0 saturated carbocycles. The van der Waals surface area contributed by atoms with Gasteiger partial charge in [0.05, 0.1) is 17.9 Å². The average Bonchev–Trinajstić information content (AvgIpc) is 2.28. The Bertz CT molecular complexity index is 558. The van der Waals surface area contributed by atoms with Crippen molar-refractivity contribution < 1.29 is 0 Å². The van der Waals surface area contributed by atoms with Crippen LogP contribution >= 0.6 is 0 Å². The van der Waals surface area contributed by atoms with Crippen molar-refractivity contribution in [2.75, 3.05) is 11.9 Å². The molecule has 3 heteroatoms. The lowest BCUT2D eigenvalue weighted by Gasteiger charge is -2.17. The Morgan fingerprint density at radius 1 is 1.27 bits per heavy atom. The molecule has 0 saturated heterocycles. The summed E-state index contributed by atoms with van der Waals surface area (Å²) in [4.78, 5) is 4.38. The fourth-order valence-electron chi connectivity index (χ4n) is 1.89. The number of anilines is 1. The topological polar surface area (TPSA) is 50.9 Å². The fraction of sp³-hybridized carbons (Fsp3) is 0.0833. The van der Waals surface area contributed by atoms with E-state index in [2.05, 4.69) is 22.4 Å². The number of rotatable bonds is 0. The minimum absolute atomic E-state index is 0.697. The first-order valence-corrected chi connectivity index (χ1v) is 4.92. The van der Waals surface area contributed by atoms with Crippen LogP contribution in [0.5, 0.6) is 0 Å². The second-order valence-corrected chi connectivity index (χ2v) is 3.68. The van der Waals surface area contributed by atoms with Crippen LogP contribution < -0.4 is 11.1 Å². The van der Waals surface area contributed by atoms with Gasteiger partial charge in [0, 0.05) is 22.7 Å². The Kier molecular flexibility index (Phi) is 1.65. The Morgan fingerprint density at radius 2 is 2.13 bits per heavy atom. The zero-order valence-electron chi connectivity index (χ0n) is 8.20. The molecule has 0 atom stereocenters. The quantitative estimate of drug-likeness (QED) is 0.678. The number of fused-ring (bicyclic) bond motifs is 3. The molecule has 0 unspecified atom stereocenters. The van der Waals surface area contributed by atoms with Crippen LogP contribution in [-0.4, -0.2) is 11.5 Å². The minimum atomic E-state index is 0.697. The van der Waals surface area contributed by atoms with Crippen LogP contribution in [0.4, 0.5) is 5.69 Å².